The van der Waals surface area contributed by atoms with E-state index in [-0.39, 0.29) is 11.9 Å². The van der Waals surface area contributed by atoms with Crippen molar-refractivity contribution in [3.05, 3.63) is 12.0 Å². The lowest BCUT2D eigenvalue weighted by atomic mass is 10.1. The maximum atomic E-state index is 13.5. The lowest BCUT2D eigenvalue weighted by Gasteiger charge is -2.18. The molecular weight excluding hydrogens is 219 g/mol. The fourth-order valence-corrected chi connectivity index (χ4v) is 1.17. The maximum absolute atomic E-state index is 13.5. The minimum Gasteiger partial charge on any atom is -0.365 e. The molecule has 0 aliphatic heterocycles. The summed E-state index contributed by atoms with van der Waals surface area (Å²) >= 11 is 0. The third-order valence-corrected chi connectivity index (χ3v) is 2.64. The van der Waals surface area contributed by atoms with Crippen LogP contribution in [0.1, 0.15) is 34.1 Å². The summed E-state index contributed by atoms with van der Waals surface area (Å²) in [5.41, 5.74) is 0. The van der Waals surface area contributed by atoms with Crippen molar-refractivity contribution in [1.29, 1.82) is 0 Å². The smallest absolute Gasteiger partial charge is 0.224 e. The van der Waals surface area contributed by atoms with Gasteiger partial charge in [0.2, 0.25) is 5.95 Å². The van der Waals surface area contributed by atoms with Gasteiger partial charge in [0.15, 0.2) is 11.6 Å². The summed E-state index contributed by atoms with van der Waals surface area (Å²) in [4.78, 5) is 8.02. The van der Waals surface area contributed by atoms with Crippen LogP contribution in [0.4, 0.5) is 16.2 Å². The minimum absolute atomic E-state index is 0.165. The van der Waals surface area contributed by atoms with E-state index in [4.69, 9.17) is 0 Å². The largest absolute Gasteiger partial charge is 0.365 e. The lowest BCUT2D eigenvalue weighted by molar-refractivity contribution is 0.548. The van der Waals surface area contributed by atoms with E-state index in [0.29, 0.717) is 11.9 Å². The fraction of sp³-hybridized carbons (Fsp3) is 0.667. The molecule has 0 amide bonds. The van der Waals surface area contributed by atoms with Crippen LogP contribution in [0.25, 0.3) is 0 Å². The van der Waals surface area contributed by atoms with Crippen LogP contribution in [0.5, 0.6) is 0 Å². The molecule has 0 aliphatic carbocycles. The number of aromatic nitrogens is 2. The van der Waals surface area contributed by atoms with Crippen LogP contribution < -0.4 is 10.6 Å². The van der Waals surface area contributed by atoms with Gasteiger partial charge in [0.05, 0.1) is 6.20 Å². The van der Waals surface area contributed by atoms with E-state index in [1.165, 1.54) is 6.20 Å². The first-order chi connectivity index (χ1) is 8.04. The molecule has 0 fully saturated rings. The standard InChI is InChI=1S/C12H21FN4/c1-5-6-14-12-15-7-10(13)11(17-12)16-9(4)8(2)3/h7-9H,5-6H2,1-4H3,(H2,14,15,16,17). The van der Waals surface area contributed by atoms with Crippen molar-refractivity contribution in [2.45, 2.75) is 40.2 Å². The summed E-state index contributed by atoms with van der Waals surface area (Å²) in [5, 5.41) is 6.10. The third kappa shape index (κ3) is 4.17. The number of rotatable bonds is 6. The van der Waals surface area contributed by atoms with Crippen LogP contribution in [0.15, 0.2) is 6.20 Å². The summed E-state index contributed by atoms with van der Waals surface area (Å²) in [5.74, 6) is 0.725. The zero-order valence-electron chi connectivity index (χ0n) is 10.9. The van der Waals surface area contributed by atoms with Gasteiger partial charge in [-0.05, 0) is 19.3 Å². The molecule has 0 aromatic carbocycles. The number of hydrogen-bond donors (Lipinski definition) is 2. The number of anilines is 2. The van der Waals surface area contributed by atoms with E-state index >= 15 is 0 Å². The first-order valence-electron chi connectivity index (χ1n) is 6.07. The quantitative estimate of drug-likeness (QED) is 0.802. The van der Waals surface area contributed by atoms with Crippen LogP contribution in [-0.4, -0.2) is 22.6 Å². The Morgan fingerprint density at radius 2 is 2.06 bits per heavy atom. The van der Waals surface area contributed by atoms with Crippen molar-refractivity contribution in [2.24, 2.45) is 5.92 Å². The second-order valence-electron chi connectivity index (χ2n) is 4.49. The van der Waals surface area contributed by atoms with Gasteiger partial charge in [-0.3, -0.25) is 0 Å². The molecule has 17 heavy (non-hydrogen) atoms. The second-order valence-corrected chi connectivity index (χ2v) is 4.49. The molecule has 0 radical (unpaired) electrons. The van der Waals surface area contributed by atoms with Gasteiger partial charge in [0.25, 0.3) is 0 Å². The normalized spacial score (nSPS) is 12.6. The molecule has 2 N–H and O–H groups in total. The fourth-order valence-electron chi connectivity index (χ4n) is 1.17. The summed E-state index contributed by atoms with van der Waals surface area (Å²) < 4.78 is 13.5. The van der Waals surface area contributed by atoms with E-state index in [9.17, 15) is 4.39 Å². The molecule has 1 aromatic rings. The van der Waals surface area contributed by atoms with Gasteiger partial charge in [-0.15, -0.1) is 0 Å². The van der Waals surface area contributed by atoms with Crippen LogP contribution >= 0.6 is 0 Å². The Morgan fingerprint density at radius 1 is 1.35 bits per heavy atom. The Balaban J connectivity index is 2.75. The van der Waals surface area contributed by atoms with Crippen molar-refractivity contribution in [3.63, 3.8) is 0 Å². The Labute approximate surface area is 102 Å². The molecule has 0 saturated carbocycles. The molecule has 1 rings (SSSR count). The van der Waals surface area contributed by atoms with Crippen LogP contribution in [0.3, 0.4) is 0 Å². The average molecular weight is 240 g/mol. The second kappa shape index (κ2) is 6.37. The Bertz CT molecular complexity index is 354. The Hall–Kier alpha value is -1.39. The third-order valence-electron chi connectivity index (χ3n) is 2.64. The van der Waals surface area contributed by atoms with Crippen molar-refractivity contribution in [3.8, 4) is 0 Å². The van der Waals surface area contributed by atoms with Crippen LogP contribution in [0, 0.1) is 11.7 Å². The first kappa shape index (κ1) is 13.7. The molecule has 1 atom stereocenters. The van der Waals surface area contributed by atoms with E-state index < -0.39 is 5.82 Å². The molecule has 0 spiro atoms. The van der Waals surface area contributed by atoms with Gasteiger partial charge in [-0.2, -0.15) is 4.98 Å². The maximum Gasteiger partial charge on any atom is 0.224 e. The monoisotopic (exact) mass is 240 g/mol. The predicted octanol–water partition coefficient (Wildman–Crippen LogP) is 2.89. The minimum atomic E-state index is -0.417. The number of hydrogen-bond acceptors (Lipinski definition) is 4. The molecule has 1 unspecified atom stereocenters. The molecule has 0 saturated heterocycles. The van der Waals surface area contributed by atoms with Crippen LogP contribution in [-0.2, 0) is 0 Å². The number of nitrogens with one attached hydrogen (secondary N) is 2. The zero-order chi connectivity index (χ0) is 12.8. The van der Waals surface area contributed by atoms with E-state index in [2.05, 4.69) is 41.4 Å². The van der Waals surface area contributed by atoms with Crippen molar-refractivity contribution in [1.82, 2.24) is 9.97 Å². The van der Waals surface area contributed by atoms with Gasteiger partial charge in [-0.1, -0.05) is 20.8 Å². The van der Waals surface area contributed by atoms with Gasteiger partial charge in [-0.25, -0.2) is 9.37 Å². The van der Waals surface area contributed by atoms with Crippen LogP contribution in [0.2, 0.25) is 0 Å². The number of nitrogens with zero attached hydrogens (tertiary/aromatic N) is 2. The van der Waals surface area contributed by atoms with Crippen molar-refractivity contribution in [2.75, 3.05) is 17.2 Å². The Morgan fingerprint density at radius 3 is 2.65 bits per heavy atom. The molecule has 0 bridgehead atoms. The summed E-state index contributed by atoms with van der Waals surface area (Å²) in [7, 11) is 0. The molecule has 96 valence electrons. The van der Waals surface area contributed by atoms with E-state index in [1.807, 2.05) is 6.92 Å². The highest BCUT2D eigenvalue weighted by molar-refractivity contribution is 5.41. The highest BCUT2D eigenvalue weighted by Gasteiger charge is 2.12. The van der Waals surface area contributed by atoms with Gasteiger partial charge in [0.1, 0.15) is 0 Å². The molecule has 1 heterocycles. The summed E-state index contributed by atoms with van der Waals surface area (Å²) in [6, 6.07) is 0.165. The predicted molar refractivity (Wildman–Crippen MR) is 68.7 cm³/mol. The SMILES string of the molecule is CCCNc1ncc(F)c(NC(C)C(C)C)n1. The number of halogens is 1. The van der Waals surface area contributed by atoms with Gasteiger partial charge >= 0.3 is 0 Å². The van der Waals surface area contributed by atoms with Gasteiger partial charge < -0.3 is 10.6 Å². The average Bonchev–Trinajstić information content (AvgIpc) is 2.29. The lowest BCUT2D eigenvalue weighted by Crippen LogP contribution is -2.23. The summed E-state index contributed by atoms with van der Waals surface area (Å²) in [6.07, 6.45) is 2.17. The highest BCUT2D eigenvalue weighted by atomic mass is 19.1. The first-order valence-corrected chi connectivity index (χ1v) is 6.07. The molecule has 4 nitrogen and oxygen atoms in total. The van der Waals surface area contributed by atoms with Gasteiger partial charge in [0, 0.05) is 12.6 Å². The highest BCUT2D eigenvalue weighted by Crippen LogP contribution is 2.15. The Kier molecular flexibility index (Phi) is 5.12. The van der Waals surface area contributed by atoms with E-state index in [0.717, 1.165) is 13.0 Å². The molecule has 5 heteroatoms. The van der Waals surface area contributed by atoms with Crippen molar-refractivity contribution < 1.29 is 4.39 Å². The molecule has 1 aromatic heterocycles. The summed E-state index contributed by atoms with van der Waals surface area (Å²) in [6.45, 7) is 8.99. The van der Waals surface area contributed by atoms with E-state index in [1.54, 1.807) is 0 Å². The molecular formula is C12H21FN4. The topological polar surface area (TPSA) is 49.8 Å². The molecule has 0 aliphatic rings. The zero-order valence-corrected chi connectivity index (χ0v) is 10.9. The van der Waals surface area contributed by atoms with Crippen molar-refractivity contribution >= 4 is 11.8 Å².